The topological polar surface area (TPSA) is 55.5 Å². The minimum atomic E-state index is -0.496. The van der Waals surface area contributed by atoms with E-state index in [0.29, 0.717) is 12.5 Å². The Morgan fingerprint density at radius 2 is 2.00 bits per heavy atom. The molecule has 1 aromatic carbocycles. The molecular formula is C16H25BrClNO2. The van der Waals surface area contributed by atoms with E-state index in [4.69, 9.17) is 10.5 Å². The van der Waals surface area contributed by atoms with Crippen LogP contribution in [0.25, 0.3) is 0 Å². The number of benzene rings is 1. The Bertz CT molecular complexity index is 438. The smallest absolute Gasteiger partial charge is 0.124 e. The Morgan fingerprint density at radius 1 is 1.33 bits per heavy atom. The number of rotatable bonds is 5. The lowest BCUT2D eigenvalue weighted by Gasteiger charge is -2.31. The van der Waals surface area contributed by atoms with Gasteiger partial charge in [0.1, 0.15) is 5.75 Å². The van der Waals surface area contributed by atoms with Crippen LogP contribution >= 0.6 is 28.3 Å². The molecule has 2 rings (SSSR count). The van der Waals surface area contributed by atoms with Crippen molar-refractivity contribution in [3.8, 4) is 5.75 Å². The van der Waals surface area contributed by atoms with Crippen LogP contribution in [0.3, 0.4) is 0 Å². The molecule has 0 spiro atoms. The maximum absolute atomic E-state index is 10.6. The maximum atomic E-state index is 10.6. The lowest BCUT2D eigenvalue weighted by molar-refractivity contribution is 0.0609. The Balaban J connectivity index is 0.00000220. The summed E-state index contributed by atoms with van der Waals surface area (Å²) < 4.78 is 6.60. The molecule has 1 fully saturated rings. The van der Waals surface area contributed by atoms with Crippen LogP contribution in [0.2, 0.25) is 0 Å². The minimum Gasteiger partial charge on any atom is -0.494 e. The molecule has 0 saturated heterocycles. The average Bonchev–Trinajstić information content (AvgIpc) is 2.48. The van der Waals surface area contributed by atoms with E-state index in [2.05, 4.69) is 15.9 Å². The number of aliphatic hydroxyl groups excluding tert-OH is 1. The molecule has 1 aliphatic carbocycles. The van der Waals surface area contributed by atoms with E-state index in [1.807, 2.05) is 25.1 Å². The Morgan fingerprint density at radius 3 is 2.62 bits per heavy atom. The molecule has 1 aromatic rings. The molecule has 2 atom stereocenters. The van der Waals surface area contributed by atoms with E-state index in [1.165, 1.54) is 19.3 Å². The SMILES string of the molecule is CCOc1ccc(Br)cc1[C@@H](N)[C@@H](O)C1CCCCC1.Cl. The second-order valence-electron chi connectivity index (χ2n) is 5.53. The standard InChI is InChI=1S/C16H24BrNO2.ClH/c1-2-20-14-9-8-12(17)10-13(14)15(18)16(19)11-6-4-3-5-7-11;/h8-11,15-16,19H,2-7,18H2,1H3;1H/t15-,16+;/m1./s1. The summed E-state index contributed by atoms with van der Waals surface area (Å²) in [4.78, 5) is 0. The van der Waals surface area contributed by atoms with Crippen molar-refractivity contribution in [2.75, 3.05) is 6.61 Å². The molecule has 0 heterocycles. The highest BCUT2D eigenvalue weighted by atomic mass is 79.9. The van der Waals surface area contributed by atoms with Gasteiger partial charge in [-0.1, -0.05) is 35.2 Å². The lowest BCUT2D eigenvalue weighted by Crippen LogP contribution is -2.34. The van der Waals surface area contributed by atoms with E-state index in [-0.39, 0.29) is 12.4 Å². The van der Waals surface area contributed by atoms with Gasteiger partial charge < -0.3 is 15.6 Å². The van der Waals surface area contributed by atoms with Crippen LogP contribution in [-0.2, 0) is 0 Å². The highest BCUT2D eigenvalue weighted by Gasteiger charge is 2.29. The Kier molecular flexibility index (Phi) is 8.03. The molecule has 1 saturated carbocycles. The van der Waals surface area contributed by atoms with Gasteiger partial charge in [0.2, 0.25) is 0 Å². The molecule has 5 heteroatoms. The highest BCUT2D eigenvalue weighted by Crippen LogP contribution is 2.35. The zero-order chi connectivity index (χ0) is 14.5. The summed E-state index contributed by atoms with van der Waals surface area (Å²) in [5, 5.41) is 10.6. The van der Waals surface area contributed by atoms with Crippen molar-refractivity contribution in [2.24, 2.45) is 11.7 Å². The molecule has 0 radical (unpaired) electrons. The quantitative estimate of drug-likeness (QED) is 0.807. The van der Waals surface area contributed by atoms with Crippen molar-refractivity contribution >= 4 is 28.3 Å². The molecule has 21 heavy (non-hydrogen) atoms. The molecule has 3 N–H and O–H groups in total. The fourth-order valence-electron chi connectivity index (χ4n) is 3.02. The maximum Gasteiger partial charge on any atom is 0.124 e. The molecule has 0 unspecified atom stereocenters. The van der Waals surface area contributed by atoms with Crippen molar-refractivity contribution in [1.29, 1.82) is 0 Å². The van der Waals surface area contributed by atoms with Gasteiger partial charge in [0.05, 0.1) is 18.8 Å². The largest absolute Gasteiger partial charge is 0.494 e. The zero-order valence-electron chi connectivity index (χ0n) is 12.4. The van der Waals surface area contributed by atoms with E-state index < -0.39 is 12.1 Å². The van der Waals surface area contributed by atoms with Gasteiger partial charge >= 0.3 is 0 Å². The van der Waals surface area contributed by atoms with Crippen LogP contribution in [-0.4, -0.2) is 17.8 Å². The van der Waals surface area contributed by atoms with Gasteiger partial charge in [0.15, 0.2) is 0 Å². The Labute approximate surface area is 141 Å². The van der Waals surface area contributed by atoms with Crippen LogP contribution in [0.5, 0.6) is 5.75 Å². The third-order valence-electron chi connectivity index (χ3n) is 4.13. The molecule has 0 aliphatic heterocycles. The van der Waals surface area contributed by atoms with Crippen LogP contribution in [0.4, 0.5) is 0 Å². The predicted molar refractivity (Wildman–Crippen MR) is 92.1 cm³/mol. The monoisotopic (exact) mass is 377 g/mol. The number of halogens is 2. The van der Waals surface area contributed by atoms with Crippen molar-refractivity contribution < 1.29 is 9.84 Å². The van der Waals surface area contributed by atoms with Crippen molar-refractivity contribution in [3.05, 3.63) is 28.2 Å². The second-order valence-corrected chi connectivity index (χ2v) is 6.45. The first-order chi connectivity index (χ1) is 9.63. The van der Waals surface area contributed by atoms with E-state index >= 15 is 0 Å². The van der Waals surface area contributed by atoms with Crippen LogP contribution in [0, 0.1) is 5.92 Å². The summed E-state index contributed by atoms with van der Waals surface area (Å²) >= 11 is 3.47. The first-order valence-electron chi connectivity index (χ1n) is 7.49. The molecular weight excluding hydrogens is 354 g/mol. The van der Waals surface area contributed by atoms with Gasteiger partial charge in [-0.25, -0.2) is 0 Å². The number of ether oxygens (including phenoxy) is 1. The van der Waals surface area contributed by atoms with E-state index in [0.717, 1.165) is 28.6 Å². The normalized spacial score (nSPS) is 18.7. The molecule has 0 bridgehead atoms. The van der Waals surface area contributed by atoms with Crippen LogP contribution in [0.15, 0.2) is 22.7 Å². The van der Waals surface area contributed by atoms with Crippen molar-refractivity contribution in [1.82, 2.24) is 0 Å². The van der Waals surface area contributed by atoms with Gasteiger partial charge in [0.25, 0.3) is 0 Å². The summed E-state index contributed by atoms with van der Waals surface area (Å²) in [6, 6.07) is 5.42. The first kappa shape index (κ1) is 18.8. The minimum absolute atomic E-state index is 0. The first-order valence-corrected chi connectivity index (χ1v) is 8.28. The van der Waals surface area contributed by atoms with Gasteiger partial charge in [-0.3, -0.25) is 0 Å². The summed E-state index contributed by atoms with van der Waals surface area (Å²) in [5.74, 6) is 1.09. The second kappa shape index (κ2) is 8.99. The Hall–Kier alpha value is -0.290. The van der Waals surface area contributed by atoms with Crippen LogP contribution in [0.1, 0.15) is 50.6 Å². The number of hydrogen-bond acceptors (Lipinski definition) is 3. The van der Waals surface area contributed by atoms with Crippen molar-refractivity contribution in [2.45, 2.75) is 51.2 Å². The zero-order valence-corrected chi connectivity index (χ0v) is 14.8. The third-order valence-corrected chi connectivity index (χ3v) is 4.62. The summed E-state index contributed by atoms with van der Waals surface area (Å²) in [5.41, 5.74) is 7.21. The summed E-state index contributed by atoms with van der Waals surface area (Å²) in [6.45, 7) is 2.55. The van der Waals surface area contributed by atoms with E-state index in [1.54, 1.807) is 0 Å². The van der Waals surface area contributed by atoms with Gasteiger partial charge in [-0.15, -0.1) is 12.4 Å². The number of nitrogens with two attached hydrogens (primary N) is 1. The number of hydrogen-bond donors (Lipinski definition) is 2. The van der Waals surface area contributed by atoms with E-state index in [9.17, 15) is 5.11 Å². The van der Waals surface area contributed by atoms with Gasteiger partial charge in [-0.2, -0.15) is 0 Å². The summed E-state index contributed by atoms with van der Waals surface area (Å²) in [7, 11) is 0. The molecule has 1 aliphatic rings. The molecule has 0 aromatic heterocycles. The number of aliphatic hydroxyl groups is 1. The average molecular weight is 379 g/mol. The highest BCUT2D eigenvalue weighted by molar-refractivity contribution is 9.10. The van der Waals surface area contributed by atoms with Crippen molar-refractivity contribution in [3.63, 3.8) is 0 Å². The predicted octanol–water partition coefficient (Wildman–Crippen LogP) is 4.21. The third kappa shape index (κ3) is 4.85. The molecule has 120 valence electrons. The lowest BCUT2D eigenvalue weighted by atomic mass is 9.81. The summed E-state index contributed by atoms with van der Waals surface area (Å²) in [6.07, 6.45) is 5.33. The fraction of sp³-hybridized carbons (Fsp3) is 0.625. The van der Waals surface area contributed by atoms with Gasteiger partial charge in [0, 0.05) is 10.0 Å². The fourth-order valence-corrected chi connectivity index (χ4v) is 3.40. The molecule has 3 nitrogen and oxygen atoms in total. The van der Waals surface area contributed by atoms with Gasteiger partial charge in [-0.05, 0) is 43.9 Å². The van der Waals surface area contributed by atoms with Crippen LogP contribution < -0.4 is 10.5 Å². The molecule has 0 amide bonds.